The molecule has 7 N–H and O–H groups in total. The molecule has 0 saturated carbocycles. The van der Waals surface area contributed by atoms with Gasteiger partial charge >= 0.3 is 0 Å². The van der Waals surface area contributed by atoms with Crippen LogP contribution in [0.4, 0.5) is 5.82 Å². The smallest absolute Gasteiger partial charge is 0.221 e. The maximum absolute atomic E-state index is 8.45. The summed E-state index contributed by atoms with van der Waals surface area (Å²) < 4.78 is 5.71. The van der Waals surface area contributed by atoms with Gasteiger partial charge in [-0.15, -0.1) is 0 Å². The van der Waals surface area contributed by atoms with Crippen LogP contribution in [-0.4, -0.2) is 22.9 Å². The molecule has 0 aliphatic rings. The van der Waals surface area contributed by atoms with Crippen molar-refractivity contribution in [3.8, 4) is 5.75 Å². The van der Waals surface area contributed by atoms with Crippen molar-refractivity contribution in [1.82, 2.24) is 15.3 Å². The minimum absolute atomic E-state index is 0.00653. The van der Waals surface area contributed by atoms with Crippen molar-refractivity contribution in [2.24, 2.45) is 17.4 Å². The van der Waals surface area contributed by atoms with Crippen LogP contribution >= 0.6 is 0 Å². The average Bonchev–Trinajstić information content (AvgIpc) is 2.81. The van der Waals surface area contributed by atoms with Crippen LogP contribution in [0.15, 0.2) is 84.6 Å². The molecule has 0 aliphatic carbocycles. The van der Waals surface area contributed by atoms with Gasteiger partial charge in [0.2, 0.25) is 5.90 Å². The van der Waals surface area contributed by atoms with E-state index in [1.54, 1.807) is 43.9 Å². The highest BCUT2D eigenvalue weighted by atomic mass is 16.5. The summed E-state index contributed by atoms with van der Waals surface area (Å²) in [6.45, 7) is 4.08. The van der Waals surface area contributed by atoms with Crippen molar-refractivity contribution in [3.63, 3.8) is 0 Å². The van der Waals surface area contributed by atoms with Gasteiger partial charge in [-0.3, -0.25) is 10.4 Å². The number of nitrogens with zero attached hydrogens (tertiary/aromatic N) is 2. The van der Waals surface area contributed by atoms with E-state index >= 15 is 0 Å². The van der Waals surface area contributed by atoms with E-state index in [9.17, 15) is 0 Å². The highest BCUT2D eigenvalue weighted by molar-refractivity contribution is 6.19. The Kier molecular flexibility index (Phi) is 7.64. The Hall–Kier alpha value is -4.33. The van der Waals surface area contributed by atoms with Gasteiger partial charge in [0.1, 0.15) is 17.4 Å². The van der Waals surface area contributed by atoms with Crippen LogP contribution in [-0.2, 0) is 0 Å². The zero-order valence-corrected chi connectivity index (χ0v) is 19.0. The topological polar surface area (TPSA) is 135 Å². The van der Waals surface area contributed by atoms with Crippen LogP contribution in [0.3, 0.4) is 0 Å². The van der Waals surface area contributed by atoms with Crippen LogP contribution in [0.2, 0.25) is 0 Å². The third-order valence-corrected chi connectivity index (χ3v) is 4.80. The van der Waals surface area contributed by atoms with Gasteiger partial charge in [0, 0.05) is 25.0 Å². The number of fused-ring (bicyclic) bond motifs is 1. The maximum atomic E-state index is 8.45. The monoisotopic (exact) mass is 443 g/mol. The summed E-state index contributed by atoms with van der Waals surface area (Å²) >= 11 is 0. The van der Waals surface area contributed by atoms with Crippen LogP contribution < -0.4 is 26.8 Å². The standard InChI is InChI=1S/C25H29N7O/c1-16(2)17(13-26)12-23(27)32-24-10-9-21-22(31-24)11-18(14-30-21)20(15-29-3)25(28)33-19-7-5-4-6-8-19/h4-16,28-29H,26-27H2,1-3H3,(H,31,32)/b17-13+,20-15-,23-12+,28-25?. The number of hydrogen-bond donors (Lipinski definition) is 5. The fourth-order valence-electron chi connectivity index (χ4n) is 3.08. The summed E-state index contributed by atoms with van der Waals surface area (Å²) in [6, 6.07) is 14.7. The third-order valence-electron chi connectivity index (χ3n) is 4.80. The molecule has 1 aromatic carbocycles. The molecule has 0 atom stereocenters. The maximum Gasteiger partial charge on any atom is 0.221 e. The molecule has 0 aliphatic heterocycles. The van der Waals surface area contributed by atoms with Crippen LogP contribution in [0.25, 0.3) is 16.6 Å². The van der Waals surface area contributed by atoms with Gasteiger partial charge in [-0.2, -0.15) is 0 Å². The summed E-state index contributed by atoms with van der Waals surface area (Å²) in [5, 5.41) is 14.5. The SMILES string of the molecule is CN/C=C(\C(=N)Oc1ccccc1)c1cnc2ccc(N/C(N)=C/C(=C\N)C(C)C)nc2c1. The van der Waals surface area contributed by atoms with E-state index in [1.165, 1.54) is 0 Å². The molecule has 8 heteroatoms. The molecule has 0 radical (unpaired) electrons. The number of rotatable bonds is 8. The lowest BCUT2D eigenvalue weighted by atomic mass is 10.0. The van der Waals surface area contributed by atoms with Crippen LogP contribution in [0.1, 0.15) is 19.4 Å². The predicted octanol–water partition coefficient (Wildman–Crippen LogP) is 3.96. The molecule has 0 amide bonds. The minimum atomic E-state index is -0.00653. The minimum Gasteiger partial charge on any atom is -0.439 e. The Labute approximate surface area is 193 Å². The van der Waals surface area contributed by atoms with Gasteiger partial charge in [-0.25, -0.2) is 4.98 Å². The fraction of sp³-hybridized carbons (Fsp3) is 0.160. The number of nitrogens with two attached hydrogens (primary N) is 2. The second kappa shape index (κ2) is 10.8. The van der Waals surface area contributed by atoms with Gasteiger partial charge in [0.05, 0.1) is 16.6 Å². The first-order valence-electron chi connectivity index (χ1n) is 10.5. The molecule has 0 saturated heterocycles. The van der Waals surface area contributed by atoms with E-state index < -0.39 is 0 Å². The van der Waals surface area contributed by atoms with Gasteiger partial charge in [0.15, 0.2) is 0 Å². The van der Waals surface area contributed by atoms with Gasteiger partial charge in [0.25, 0.3) is 0 Å². The molecule has 0 bridgehead atoms. The number of benzene rings is 1. The van der Waals surface area contributed by atoms with E-state index in [-0.39, 0.29) is 11.8 Å². The quantitative estimate of drug-likeness (QED) is 0.202. The van der Waals surface area contributed by atoms with E-state index in [0.717, 1.165) is 11.1 Å². The normalized spacial score (nSPS) is 12.7. The first kappa shape index (κ1) is 23.3. The second-order valence-corrected chi connectivity index (χ2v) is 7.60. The summed E-state index contributed by atoms with van der Waals surface area (Å²) in [4.78, 5) is 9.13. The Bertz CT molecular complexity index is 1210. The zero-order valence-electron chi connectivity index (χ0n) is 19.0. The Morgan fingerprint density at radius 1 is 1.12 bits per heavy atom. The predicted molar refractivity (Wildman–Crippen MR) is 134 cm³/mol. The molecule has 3 aromatic rings. The molecule has 0 fully saturated rings. The van der Waals surface area contributed by atoms with Crippen molar-refractivity contribution < 1.29 is 4.74 Å². The number of aromatic nitrogens is 2. The average molecular weight is 444 g/mol. The lowest BCUT2D eigenvalue weighted by molar-refractivity contribution is 0.553. The summed E-state index contributed by atoms with van der Waals surface area (Å²) in [5.41, 5.74) is 15.3. The van der Waals surface area contributed by atoms with Crippen molar-refractivity contribution in [2.45, 2.75) is 13.8 Å². The summed E-state index contributed by atoms with van der Waals surface area (Å²) in [5.74, 6) is 1.83. The molecule has 170 valence electrons. The molecule has 33 heavy (non-hydrogen) atoms. The lowest BCUT2D eigenvalue weighted by Crippen LogP contribution is -2.13. The molecular formula is C25H29N7O. The molecule has 2 heterocycles. The van der Waals surface area contributed by atoms with Crippen molar-refractivity contribution in [3.05, 3.63) is 90.2 Å². The van der Waals surface area contributed by atoms with Crippen molar-refractivity contribution in [2.75, 3.05) is 12.4 Å². The highest BCUT2D eigenvalue weighted by Crippen LogP contribution is 2.22. The van der Waals surface area contributed by atoms with Gasteiger partial charge < -0.3 is 26.8 Å². The summed E-state index contributed by atoms with van der Waals surface area (Å²) in [6.07, 6.45) is 6.73. The lowest BCUT2D eigenvalue weighted by Gasteiger charge is -2.12. The molecular weight excluding hydrogens is 414 g/mol. The first-order chi connectivity index (χ1) is 15.9. The number of hydrogen-bond acceptors (Lipinski definition) is 8. The molecule has 2 aromatic heterocycles. The Balaban J connectivity index is 1.89. The zero-order chi connectivity index (χ0) is 23.8. The number of pyridine rings is 2. The number of nitrogens with one attached hydrogen (secondary N) is 3. The van der Waals surface area contributed by atoms with E-state index in [0.29, 0.717) is 34.0 Å². The van der Waals surface area contributed by atoms with Crippen molar-refractivity contribution >= 4 is 28.3 Å². The number of anilines is 1. The number of ether oxygens (including phenoxy) is 1. The fourth-order valence-corrected chi connectivity index (χ4v) is 3.08. The molecule has 0 unspecified atom stereocenters. The summed E-state index contributed by atoms with van der Waals surface area (Å²) in [7, 11) is 1.76. The van der Waals surface area contributed by atoms with Gasteiger partial charge in [-0.1, -0.05) is 32.0 Å². The van der Waals surface area contributed by atoms with E-state index in [4.69, 9.17) is 21.6 Å². The van der Waals surface area contributed by atoms with E-state index in [1.807, 2.05) is 50.2 Å². The number of allylic oxidation sites excluding steroid dienone is 2. The highest BCUT2D eigenvalue weighted by Gasteiger charge is 2.13. The first-order valence-corrected chi connectivity index (χ1v) is 10.5. The largest absolute Gasteiger partial charge is 0.439 e. The number of para-hydroxylation sites is 1. The van der Waals surface area contributed by atoms with Crippen LogP contribution in [0, 0.1) is 11.3 Å². The third kappa shape index (κ3) is 6.10. The molecule has 0 spiro atoms. The molecule has 8 nitrogen and oxygen atoms in total. The molecule has 3 rings (SSSR count). The van der Waals surface area contributed by atoms with Gasteiger partial charge in [-0.05, 0) is 54.1 Å². The Morgan fingerprint density at radius 2 is 1.88 bits per heavy atom. The van der Waals surface area contributed by atoms with E-state index in [2.05, 4.69) is 20.6 Å². The second-order valence-electron chi connectivity index (χ2n) is 7.60. The van der Waals surface area contributed by atoms with Crippen LogP contribution in [0.5, 0.6) is 5.75 Å². The Morgan fingerprint density at radius 3 is 2.55 bits per heavy atom. The van der Waals surface area contributed by atoms with Crippen molar-refractivity contribution in [1.29, 1.82) is 5.41 Å².